The van der Waals surface area contributed by atoms with Crippen molar-refractivity contribution in [1.82, 2.24) is 14.6 Å². The minimum Gasteiger partial charge on any atom is -0.285 e. The standard InChI is InChI=1S/C7H6N4S/c1-12-7-5(4-8)6-9-2-3-11(6)10-7/h2-3,10H,1H3. The maximum Gasteiger partial charge on any atom is 0.172 e. The molecule has 5 heteroatoms. The van der Waals surface area contributed by atoms with Crippen molar-refractivity contribution in [2.45, 2.75) is 5.03 Å². The summed E-state index contributed by atoms with van der Waals surface area (Å²) < 4.78 is 1.74. The van der Waals surface area contributed by atoms with E-state index in [0.29, 0.717) is 11.2 Å². The third-order valence-electron chi connectivity index (χ3n) is 1.63. The Labute approximate surface area is 73.2 Å². The molecule has 12 heavy (non-hydrogen) atoms. The average molecular weight is 178 g/mol. The summed E-state index contributed by atoms with van der Waals surface area (Å²) in [5.74, 6) is 0. The van der Waals surface area contributed by atoms with Crippen LogP contribution < -0.4 is 0 Å². The third-order valence-corrected chi connectivity index (χ3v) is 2.33. The van der Waals surface area contributed by atoms with Crippen LogP contribution in [0.3, 0.4) is 0 Å². The molecule has 2 aromatic heterocycles. The highest BCUT2D eigenvalue weighted by molar-refractivity contribution is 7.98. The zero-order chi connectivity index (χ0) is 8.55. The number of nitrogens with one attached hydrogen (secondary N) is 1. The zero-order valence-corrected chi connectivity index (χ0v) is 7.22. The molecule has 0 saturated carbocycles. The summed E-state index contributed by atoms with van der Waals surface area (Å²) in [5, 5.41) is 12.7. The van der Waals surface area contributed by atoms with Gasteiger partial charge >= 0.3 is 0 Å². The van der Waals surface area contributed by atoms with Crippen LogP contribution in [0.25, 0.3) is 5.65 Å². The summed E-state index contributed by atoms with van der Waals surface area (Å²) in [6.45, 7) is 0. The number of aromatic nitrogens is 3. The van der Waals surface area contributed by atoms with Gasteiger partial charge in [0.1, 0.15) is 16.7 Å². The van der Waals surface area contributed by atoms with Crippen molar-refractivity contribution < 1.29 is 0 Å². The largest absolute Gasteiger partial charge is 0.285 e. The highest BCUT2D eigenvalue weighted by Crippen LogP contribution is 2.20. The second kappa shape index (κ2) is 2.57. The molecule has 0 aromatic carbocycles. The van der Waals surface area contributed by atoms with Crippen molar-refractivity contribution in [3.8, 4) is 6.07 Å². The molecule has 0 aliphatic rings. The van der Waals surface area contributed by atoms with Crippen molar-refractivity contribution in [3.63, 3.8) is 0 Å². The van der Waals surface area contributed by atoms with Gasteiger partial charge < -0.3 is 0 Å². The van der Waals surface area contributed by atoms with E-state index < -0.39 is 0 Å². The molecule has 0 unspecified atom stereocenters. The first-order chi connectivity index (χ1) is 5.86. The number of aromatic amines is 1. The van der Waals surface area contributed by atoms with Crippen LogP contribution in [0, 0.1) is 11.3 Å². The van der Waals surface area contributed by atoms with E-state index in [9.17, 15) is 0 Å². The van der Waals surface area contributed by atoms with Crippen LogP contribution in [0.4, 0.5) is 0 Å². The lowest BCUT2D eigenvalue weighted by Gasteiger charge is -1.86. The van der Waals surface area contributed by atoms with E-state index in [2.05, 4.69) is 16.2 Å². The Balaban J connectivity index is 2.81. The molecule has 0 amide bonds. The molecule has 0 saturated heterocycles. The summed E-state index contributed by atoms with van der Waals surface area (Å²) in [5.41, 5.74) is 1.31. The maximum absolute atomic E-state index is 8.82. The fraction of sp³-hybridized carbons (Fsp3) is 0.143. The maximum atomic E-state index is 8.82. The molecule has 0 aliphatic heterocycles. The minimum absolute atomic E-state index is 0.618. The van der Waals surface area contributed by atoms with Crippen LogP contribution in [0.5, 0.6) is 0 Å². The molecular formula is C7H6N4S. The van der Waals surface area contributed by atoms with Gasteiger partial charge in [-0.15, -0.1) is 11.8 Å². The predicted octanol–water partition coefficient (Wildman–Crippen LogP) is 1.26. The number of imidazole rings is 1. The smallest absolute Gasteiger partial charge is 0.172 e. The molecule has 0 bridgehead atoms. The number of fused-ring (bicyclic) bond motifs is 1. The molecular weight excluding hydrogens is 172 g/mol. The van der Waals surface area contributed by atoms with Gasteiger partial charge in [0.2, 0.25) is 0 Å². The normalized spacial score (nSPS) is 10.3. The Morgan fingerprint density at radius 3 is 3.25 bits per heavy atom. The second-order valence-corrected chi connectivity index (χ2v) is 3.07. The monoisotopic (exact) mass is 178 g/mol. The molecule has 60 valence electrons. The quantitative estimate of drug-likeness (QED) is 0.669. The summed E-state index contributed by atoms with van der Waals surface area (Å²) in [6.07, 6.45) is 5.37. The number of H-pyrrole nitrogens is 1. The molecule has 0 fully saturated rings. The van der Waals surface area contributed by atoms with Crippen LogP contribution in [-0.4, -0.2) is 20.9 Å². The van der Waals surface area contributed by atoms with Gasteiger partial charge in [-0.3, -0.25) is 5.10 Å². The van der Waals surface area contributed by atoms with Crippen molar-refractivity contribution >= 4 is 17.4 Å². The Bertz CT molecular complexity index is 447. The first kappa shape index (κ1) is 7.25. The summed E-state index contributed by atoms with van der Waals surface area (Å²) in [6, 6.07) is 2.12. The number of nitrogens with zero attached hydrogens (tertiary/aromatic N) is 3. The van der Waals surface area contributed by atoms with Gasteiger partial charge in [0, 0.05) is 12.4 Å². The lowest BCUT2D eigenvalue weighted by Crippen LogP contribution is -1.78. The topological polar surface area (TPSA) is 56.9 Å². The van der Waals surface area contributed by atoms with Crippen LogP contribution >= 0.6 is 11.8 Å². The van der Waals surface area contributed by atoms with E-state index in [4.69, 9.17) is 5.26 Å². The van der Waals surface area contributed by atoms with Crippen LogP contribution in [0.1, 0.15) is 5.56 Å². The van der Waals surface area contributed by atoms with Crippen molar-refractivity contribution in [3.05, 3.63) is 18.0 Å². The lowest BCUT2D eigenvalue weighted by molar-refractivity contribution is 0.909. The molecule has 1 N–H and O–H groups in total. The first-order valence-electron chi connectivity index (χ1n) is 3.36. The van der Waals surface area contributed by atoms with Gasteiger partial charge in [-0.05, 0) is 6.26 Å². The van der Waals surface area contributed by atoms with E-state index >= 15 is 0 Å². The number of rotatable bonds is 1. The first-order valence-corrected chi connectivity index (χ1v) is 4.58. The van der Waals surface area contributed by atoms with Crippen molar-refractivity contribution in [2.24, 2.45) is 0 Å². The molecule has 0 spiro atoms. The number of thioether (sulfide) groups is 1. The van der Waals surface area contributed by atoms with Gasteiger partial charge in [-0.2, -0.15) is 5.26 Å². The highest BCUT2D eigenvalue weighted by Gasteiger charge is 2.10. The number of hydrogen-bond acceptors (Lipinski definition) is 3. The fourth-order valence-electron chi connectivity index (χ4n) is 1.09. The number of nitriles is 1. The van der Waals surface area contributed by atoms with Gasteiger partial charge in [0.05, 0.1) is 0 Å². The molecule has 2 rings (SSSR count). The fourth-order valence-corrected chi connectivity index (χ4v) is 1.62. The summed E-state index contributed by atoms with van der Waals surface area (Å²) in [4.78, 5) is 4.05. The molecule has 2 heterocycles. The van der Waals surface area contributed by atoms with E-state index in [1.165, 1.54) is 11.8 Å². The SMILES string of the molecule is CSc1[nH]n2ccnc2c1C#N. The Morgan fingerprint density at radius 1 is 1.75 bits per heavy atom. The zero-order valence-electron chi connectivity index (χ0n) is 6.40. The molecule has 2 aromatic rings. The van der Waals surface area contributed by atoms with Gasteiger partial charge in [-0.1, -0.05) is 0 Å². The van der Waals surface area contributed by atoms with Crippen molar-refractivity contribution in [2.75, 3.05) is 6.26 Å². The Kier molecular flexibility index (Phi) is 1.55. The lowest BCUT2D eigenvalue weighted by atomic mass is 10.4. The number of hydrogen-bond donors (Lipinski definition) is 1. The van der Waals surface area contributed by atoms with Gasteiger partial charge in [0.15, 0.2) is 5.65 Å². The highest BCUT2D eigenvalue weighted by atomic mass is 32.2. The van der Waals surface area contributed by atoms with Gasteiger partial charge in [-0.25, -0.2) is 9.50 Å². The third kappa shape index (κ3) is 0.818. The molecule has 0 aliphatic carbocycles. The van der Waals surface area contributed by atoms with Crippen LogP contribution in [-0.2, 0) is 0 Å². The summed E-state index contributed by atoms with van der Waals surface area (Å²) in [7, 11) is 0. The van der Waals surface area contributed by atoms with E-state index in [-0.39, 0.29) is 0 Å². The molecule has 4 nitrogen and oxygen atoms in total. The minimum atomic E-state index is 0.618. The Hall–Kier alpha value is -1.41. The molecule has 0 atom stereocenters. The van der Waals surface area contributed by atoms with Crippen LogP contribution in [0.2, 0.25) is 0 Å². The average Bonchev–Trinajstić information content (AvgIpc) is 2.61. The van der Waals surface area contributed by atoms with Crippen LogP contribution in [0.15, 0.2) is 17.4 Å². The van der Waals surface area contributed by atoms with Gasteiger partial charge in [0.25, 0.3) is 0 Å². The second-order valence-electron chi connectivity index (χ2n) is 2.25. The van der Waals surface area contributed by atoms with E-state index in [0.717, 1.165) is 5.03 Å². The Morgan fingerprint density at radius 2 is 2.58 bits per heavy atom. The molecule has 0 radical (unpaired) electrons. The summed E-state index contributed by atoms with van der Waals surface area (Å²) >= 11 is 1.51. The van der Waals surface area contributed by atoms with E-state index in [1.54, 1.807) is 16.9 Å². The van der Waals surface area contributed by atoms with Crippen molar-refractivity contribution in [1.29, 1.82) is 5.26 Å². The predicted molar refractivity (Wildman–Crippen MR) is 46.0 cm³/mol. The van der Waals surface area contributed by atoms with E-state index in [1.807, 2.05) is 6.26 Å².